The number of hydrogen-bond acceptors (Lipinski definition) is 1. The number of unbranched alkanes of at least 4 members (excludes halogenated alkanes) is 5. The van der Waals surface area contributed by atoms with Crippen molar-refractivity contribution in [1.29, 1.82) is 0 Å². The van der Waals surface area contributed by atoms with Crippen molar-refractivity contribution in [3.05, 3.63) is 52.8 Å². The third-order valence-electron chi connectivity index (χ3n) is 7.89. The summed E-state index contributed by atoms with van der Waals surface area (Å²) in [6.07, 6.45) is 10.6. The molecule has 1 nitrogen and oxygen atoms in total. The van der Waals surface area contributed by atoms with E-state index in [1.165, 1.54) is 38.5 Å². The van der Waals surface area contributed by atoms with Crippen molar-refractivity contribution in [1.82, 2.24) is 0 Å². The van der Waals surface area contributed by atoms with E-state index >= 15 is 13.2 Å². The summed E-state index contributed by atoms with van der Waals surface area (Å²) in [5, 5.41) is 0. The zero-order valence-electron chi connectivity index (χ0n) is 20.8. The molecule has 0 unspecified atom stereocenters. The molecule has 1 aliphatic heterocycles. The van der Waals surface area contributed by atoms with Gasteiger partial charge in [-0.1, -0.05) is 83.1 Å². The highest BCUT2D eigenvalue weighted by molar-refractivity contribution is 5.77. The van der Waals surface area contributed by atoms with Crippen molar-refractivity contribution in [2.24, 2.45) is 5.92 Å². The highest BCUT2D eigenvalue weighted by Gasteiger charge is 2.44. The molecule has 1 aliphatic carbocycles. The summed E-state index contributed by atoms with van der Waals surface area (Å²) < 4.78 is 50.5. The molecule has 1 saturated carbocycles. The van der Waals surface area contributed by atoms with Gasteiger partial charge in [0.1, 0.15) is 0 Å². The smallest absolute Gasteiger partial charge is 0.425 e. The van der Waals surface area contributed by atoms with Crippen LogP contribution < -0.4 is 4.74 Å². The Balaban J connectivity index is 1.52. The van der Waals surface area contributed by atoms with Crippen molar-refractivity contribution < 1.29 is 17.9 Å². The van der Waals surface area contributed by atoms with Crippen LogP contribution in [-0.2, 0) is 12.5 Å². The van der Waals surface area contributed by atoms with Crippen molar-refractivity contribution in [2.45, 2.75) is 109 Å². The third-order valence-corrected chi connectivity index (χ3v) is 7.89. The second kappa shape index (κ2) is 11.2. The molecule has 186 valence electrons. The predicted molar refractivity (Wildman–Crippen MR) is 133 cm³/mol. The van der Waals surface area contributed by atoms with Gasteiger partial charge in [-0.2, -0.15) is 8.78 Å². The van der Waals surface area contributed by atoms with Gasteiger partial charge in [-0.05, 0) is 73.1 Å². The molecule has 4 heteroatoms. The van der Waals surface area contributed by atoms with Crippen molar-refractivity contribution in [3.63, 3.8) is 0 Å². The molecule has 0 N–H and O–H groups in total. The summed E-state index contributed by atoms with van der Waals surface area (Å²) in [4.78, 5) is 0. The summed E-state index contributed by atoms with van der Waals surface area (Å²) in [6, 6.07) is 8.85. The van der Waals surface area contributed by atoms with Crippen LogP contribution >= 0.6 is 0 Å². The molecular weight excluding hydrogens is 433 g/mol. The zero-order chi connectivity index (χ0) is 24.1. The summed E-state index contributed by atoms with van der Waals surface area (Å²) in [5.74, 6) is 0.152. The second-order valence-corrected chi connectivity index (χ2v) is 10.4. The fraction of sp³-hybridized carbons (Fsp3) is 0.600. The Morgan fingerprint density at radius 3 is 2.29 bits per heavy atom. The van der Waals surface area contributed by atoms with E-state index in [-0.39, 0.29) is 11.3 Å². The number of ether oxygens (including phenoxy) is 1. The van der Waals surface area contributed by atoms with Gasteiger partial charge in [0.05, 0.1) is 5.56 Å². The highest BCUT2D eigenvalue weighted by Crippen LogP contribution is 2.50. The molecule has 0 amide bonds. The summed E-state index contributed by atoms with van der Waals surface area (Å²) >= 11 is 0. The van der Waals surface area contributed by atoms with Gasteiger partial charge in [-0.15, -0.1) is 0 Å². The van der Waals surface area contributed by atoms with Crippen molar-refractivity contribution >= 4 is 0 Å². The van der Waals surface area contributed by atoms with Crippen molar-refractivity contribution in [2.75, 3.05) is 0 Å². The maximum Gasteiger partial charge on any atom is 0.427 e. The Kier molecular flexibility index (Phi) is 8.26. The Bertz CT molecular complexity index is 960. The average molecular weight is 473 g/mol. The topological polar surface area (TPSA) is 9.23 Å². The SMILES string of the molecule is CCCCCCc1ccc2c(c1F)OC(F)(F)c1cc(C3CCC(CCCCC)CC3)ccc1-2. The summed E-state index contributed by atoms with van der Waals surface area (Å²) in [7, 11) is 0. The molecule has 2 aliphatic rings. The lowest BCUT2D eigenvalue weighted by Gasteiger charge is -2.32. The van der Waals surface area contributed by atoms with Gasteiger partial charge in [0.25, 0.3) is 0 Å². The molecule has 0 radical (unpaired) electrons. The minimum absolute atomic E-state index is 0.127. The van der Waals surface area contributed by atoms with Crippen LogP contribution in [0.3, 0.4) is 0 Å². The molecule has 0 saturated heterocycles. The maximum atomic E-state index is 15.2. The van der Waals surface area contributed by atoms with E-state index in [0.717, 1.165) is 50.0 Å². The average Bonchev–Trinajstić information content (AvgIpc) is 2.84. The number of fused-ring (bicyclic) bond motifs is 3. The van der Waals surface area contributed by atoms with Gasteiger partial charge < -0.3 is 4.74 Å². The third kappa shape index (κ3) is 5.47. The minimum Gasteiger partial charge on any atom is -0.425 e. The molecule has 1 fully saturated rings. The van der Waals surface area contributed by atoms with Crippen LogP contribution in [0.2, 0.25) is 0 Å². The van der Waals surface area contributed by atoms with Crippen molar-refractivity contribution in [3.8, 4) is 16.9 Å². The van der Waals surface area contributed by atoms with Crippen LogP contribution in [0, 0.1) is 11.7 Å². The Labute approximate surface area is 203 Å². The first-order chi connectivity index (χ1) is 16.4. The Hall–Kier alpha value is -1.97. The molecule has 2 aromatic carbocycles. The van der Waals surface area contributed by atoms with E-state index in [2.05, 4.69) is 13.8 Å². The highest BCUT2D eigenvalue weighted by atomic mass is 19.3. The Morgan fingerprint density at radius 2 is 1.56 bits per heavy atom. The van der Waals surface area contributed by atoms with E-state index in [1.54, 1.807) is 24.3 Å². The maximum absolute atomic E-state index is 15.2. The monoisotopic (exact) mass is 472 g/mol. The minimum atomic E-state index is -3.53. The van der Waals surface area contributed by atoms with E-state index < -0.39 is 11.9 Å². The molecule has 0 bridgehead atoms. The first-order valence-corrected chi connectivity index (χ1v) is 13.5. The number of aryl methyl sites for hydroxylation is 1. The largest absolute Gasteiger partial charge is 0.427 e. The standard InChI is InChI=1S/C30H39F3O/c1-3-5-7-9-11-23-16-19-26-25-18-17-24(20-27(25)30(32,33)34-29(26)28(23)31)22-14-12-21(13-15-22)10-8-6-4-2/h16-22H,3-15H2,1-2H3. The van der Waals surface area contributed by atoms with Crippen LogP contribution in [0.5, 0.6) is 5.75 Å². The molecule has 0 atom stereocenters. The van der Waals surface area contributed by atoms with Crippen LogP contribution in [0.15, 0.2) is 30.3 Å². The van der Waals surface area contributed by atoms with Crippen LogP contribution in [0.4, 0.5) is 13.2 Å². The van der Waals surface area contributed by atoms with E-state index in [1.807, 2.05) is 6.07 Å². The van der Waals surface area contributed by atoms with E-state index in [0.29, 0.717) is 29.0 Å². The van der Waals surface area contributed by atoms with Crippen LogP contribution in [0.25, 0.3) is 11.1 Å². The van der Waals surface area contributed by atoms with Gasteiger partial charge in [0, 0.05) is 5.56 Å². The number of halogens is 3. The van der Waals surface area contributed by atoms with Crippen LogP contribution in [-0.4, -0.2) is 0 Å². The predicted octanol–water partition coefficient (Wildman–Crippen LogP) is 9.91. The molecule has 34 heavy (non-hydrogen) atoms. The fourth-order valence-corrected chi connectivity index (χ4v) is 5.79. The summed E-state index contributed by atoms with van der Waals surface area (Å²) in [5.41, 5.74) is 2.12. The molecule has 1 heterocycles. The first kappa shape index (κ1) is 25.1. The molecule has 2 aromatic rings. The second-order valence-electron chi connectivity index (χ2n) is 10.4. The van der Waals surface area contributed by atoms with Gasteiger partial charge in [-0.25, -0.2) is 4.39 Å². The molecule has 4 rings (SSSR count). The van der Waals surface area contributed by atoms with Gasteiger partial charge >= 0.3 is 6.11 Å². The van der Waals surface area contributed by atoms with Crippen LogP contribution in [0.1, 0.15) is 114 Å². The number of benzene rings is 2. The first-order valence-electron chi connectivity index (χ1n) is 13.5. The normalized spacial score (nSPS) is 21.0. The van der Waals surface area contributed by atoms with E-state index in [9.17, 15) is 0 Å². The van der Waals surface area contributed by atoms with Gasteiger partial charge in [0.2, 0.25) is 0 Å². The number of hydrogen-bond donors (Lipinski definition) is 0. The number of alkyl halides is 2. The fourth-order valence-electron chi connectivity index (χ4n) is 5.79. The summed E-state index contributed by atoms with van der Waals surface area (Å²) in [6.45, 7) is 4.35. The zero-order valence-corrected chi connectivity index (χ0v) is 20.8. The van der Waals surface area contributed by atoms with Gasteiger partial charge in [0.15, 0.2) is 11.6 Å². The lowest BCUT2D eigenvalue weighted by Crippen LogP contribution is -2.28. The lowest BCUT2D eigenvalue weighted by atomic mass is 9.76. The van der Waals surface area contributed by atoms with E-state index in [4.69, 9.17) is 4.74 Å². The molecule has 0 aromatic heterocycles. The quantitative estimate of drug-likeness (QED) is 0.313. The number of rotatable bonds is 10. The molecule has 0 spiro atoms. The lowest BCUT2D eigenvalue weighted by molar-refractivity contribution is -0.188. The van der Waals surface area contributed by atoms with Gasteiger partial charge in [-0.3, -0.25) is 0 Å². The Morgan fingerprint density at radius 1 is 0.853 bits per heavy atom. The molecular formula is C30H39F3O.